The normalized spacial score (nSPS) is 10.9. The van der Waals surface area contributed by atoms with Crippen LogP contribution in [0.25, 0.3) is 11.1 Å². The molecule has 0 atom stereocenters. The van der Waals surface area contributed by atoms with Crippen molar-refractivity contribution in [1.82, 2.24) is 14.3 Å². The van der Waals surface area contributed by atoms with Crippen LogP contribution >= 0.6 is 0 Å². The molecule has 0 spiro atoms. The molecule has 0 aliphatic heterocycles. The monoisotopic (exact) mass is 423 g/mol. The minimum Gasteiger partial charge on any atom is -0.483 e. The van der Waals surface area contributed by atoms with Crippen molar-refractivity contribution in [2.45, 2.75) is 24.9 Å². The van der Waals surface area contributed by atoms with E-state index in [1.807, 2.05) is 11.5 Å². The van der Waals surface area contributed by atoms with Gasteiger partial charge in [0.15, 0.2) is 0 Å². The van der Waals surface area contributed by atoms with Gasteiger partial charge in [0, 0.05) is 18.8 Å². The molecule has 1 heterocycles. The number of sulfonamides is 1. The zero-order valence-electron chi connectivity index (χ0n) is 15.4. The third kappa shape index (κ3) is 6.19. The number of carbonyl (C=O) groups is 1. The summed E-state index contributed by atoms with van der Waals surface area (Å²) in [4.78, 5) is 12.5. The average Bonchev–Trinajstić information content (AvgIpc) is 3.15. The number of aryl methyl sites for hydroxylation is 1. The van der Waals surface area contributed by atoms with Gasteiger partial charge in [-0.05, 0) is 42.3 Å². The molecule has 0 saturated heterocycles. The van der Waals surface area contributed by atoms with Crippen molar-refractivity contribution in [3.63, 3.8) is 0 Å². The smallest absolute Gasteiger partial charge is 0.290 e. The highest BCUT2D eigenvalue weighted by Crippen LogP contribution is 2.24. The van der Waals surface area contributed by atoms with Crippen LogP contribution in [0, 0.1) is 11.6 Å². The van der Waals surface area contributed by atoms with Gasteiger partial charge >= 0.3 is 0 Å². The minimum absolute atomic E-state index is 0.00888. The first-order valence-corrected chi connectivity index (χ1v) is 9.92. The zero-order chi connectivity index (χ0) is 21.4. The SMILES string of the molecule is CCn1cnc(CNS(=O)(=O)c2cccc(-c3cc(F)cc(F)c3)c2)c1.O=CO. The Morgan fingerprint density at radius 3 is 2.38 bits per heavy atom. The summed E-state index contributed by atoms with van der Waals surface area (Å²) in [5.41, 5.74) is 1.27. The van der Waals surface area contributed by atoms with E-state index >= 15 is 0 Å². The number of nitrogens with one attached hydrogen (secondary N) is 1. The van der Waals surface area contributed by atoms with Gasteiger partial charge < -0.3 is 9.67 Å². The van der Waals surface area contributed by atoms with Crippen molar-refractivity contribution >= 4 is 16.5 Å². The van der Waals surface area contributed by atoms with E-state index in [0.29, 0.717) is 11.3 Å². The standard InChI is InChI=1S/C18H17F2N3O2S.CH2O2/c1-2-23-11-17(21-12-23)10-22-26(24,25)18-5-3-4-13(8-18)14-6-15(19)9-16(20)7-14;2-1-3/h3-9,11-12,22H,2,10H2,1H3;1H,(H,2,3). The number of halogens is 2. The van der Waals surface area contributed by atoms with Gasteiger partial charge in [-0.25, -0.2) is 26.9 Å². The van der Waals surface area contributed by atoms with Gasteiger partial charge in [0.2, 0.25) is 10.0 Å². The number of aromatic nitrogens is 2. The highest BCUT2D eigenvalue weighted by Gasteiger charge is 2.15. The van der Waals surface area contributed by atoms with Crippen molar-refractivity contribution in [2.24, 2.45) is 0 Å². The lowest BCUT2D eigenvalue weighted by Gasteiger charge is -2.08. The van der Waals surface area contributed by atoms with Gasteiger partial charge in [0.05, 0.1) is 23.5 Å². The van der Waals surface area contributed by atoms with Gasteiger partial charge in [-0.15, -0.1) is 0 Å². The van der Waals surface area contributed by atoms with E-state index in [0.717, 1.165) is 24.7 Å². The topological polar surface area (TPSA) is 101 Å². The third-order valence-electron chi connectivity index (χ3n) is 3.84. The van der Waals surface area contributed by atoms with E-state index in [1.54, 1.807) is 18.6 Å². The van der Waals surface area contributed by atoms with Gasteiger partial charge in [-0.3, -0.25) is 4.79 Å². The molecule has 2 N–H and O–H groups in total. The molecule has 0 amide bonds. The van der Waals surface area contributed by atoms with Crippen LogP contribution in [0.2, 0.25) is 0 Å². The maximum Gasteiger partial charge on any atom is 0.290 e. The average molecular weight is 423 g/mol. The van der Waals surface area contributed by atoms with Crippen LogP contribution in [-0.2, 0) is 27.9 Å². The number of benzene rings is 2. The number of hydrogen-bond donors (Lipinski definition) is 2. The Bertz CT molecular complexity index is 1060. The number of hydrogen-bond acceptors (Lipinski definition) is 4. The predicted molar refractivity (Wildman–Crippen MR) is 102 cm³/mol. The summed E-state index contributed by atoms with van der Waals surface area (Å²) in [7, 11) is -3.79. The molecule has 154 valence electrons. The lowest BCUT2D eigenvalue weighted by molar-refractivity contribution is -0.122. The maximum atomic E-state index is 13.4. The fourth-order valence-corrected chi connectivity index (χ4v) is 3.53. The summed E-state index contributed by atoms with van der Waals surface area (Å²) in [5.74, 6) is -1.45. The maximum absolute atomic E-state index is 13.4. The predicted octanol–water partition coefficient (Wildman–Crippen LogP) is 3.03. The number of imidazole rings is 1. The lowest BCUT2D eigenvalue weighted by Crippen LogP contribution is -2.23. The van der Waals surface area contributed by atoms with Crippen molar-refractivity contribution < 1.29 is 27.1 Å². The van der Waals surface area contributed by atoms with Crippen LogP contribution in [0.3, 0.4) is 0 Å². The largest absolute Gasteiger partial charge is 0.483 e. The molecule has 0 fully saturated rings. The van der Waals surface area contributed by atoms with E-state index in [9.17, 15) is 17.2 Å². The summed E-state index contributed by atoms with van der Waals surface area (Å²) in [6.07, 6.45) is 3.39. The number of nitrogens with zero attached hydrogens (tertiary/aromatic N) is 2. The Morgan fingerprint density at radius 2 is 1.79 bits per heavy atom. The Kier molecular flexibility index (Phi) is 7.57. The molecule has 1 aromatic heterocycles. The van der Waals surface area contributed by atoms with E-state index in [1.165, 1.54) is 18.2 Å². The van der Waals surface area contributed by atoms with Gasteiger partial charge in [-0.1, -0.05) is 12.1 Å². The lowest BCUT2D eigenvalue weighted by atomic mass is 10.1. The van der Waals surface area contributed by atoms with Crippen molar-refractivity contribution in [2.75, 3.05) is 0 Å². The zero-order valence-corrected chi connectivity index (χ0v) is 16.2. The van der Waals surface area contributed by atoms with Crippen LogP contribution in [-0.4, -0.2) is 29.5 Å². The summed E-state index contributed by atoms with van der Waals surface area (Å²) < 4.78 is 56.1. The highest BCUT2D eigenvalue weighted by molar-refractivity contribution is 7.89. The molecule has 0 bridgehead atoms. The number of carboxylic acid groups (broad SMARTS) is 1. The van der Waals surface area contributed by atoms with E-state index in [2.05, 4.69) is 9.71 Å². The van der Waals surface area contributed by atoms with Crippen molar-refractivity contribution in [3.05, 3.63) is 72.3 Å². The van der Waals surface area contributed by atoms with Gasteiger partial charge in [-0.2, -0.15) is 0 Å². The van der Waals surface area contributed by atoms with Crippen LogP contribution in [0.15, 0.2) is 59.9 Å². The fourth-order valence-electron chi connectivity index (χ4n) is 2.49. The first-order chi connectivity index (χ1) is 13.8. The van der Waals surface area contributed by atoms with Gasteiger partial charge in [0.25, 0.3) is 6.47 Å². The van der Waals surface area contributed by atoms with Crippen LogP contribution in [0.1, 0.15) is 12.6 Å². The molecular formula is C19H19F2N3O4S. The number of rotatable bonds is 6. The fraction of sp³-hybridized carbons (Fsp3) is 0.158. The molecule has 0 aliphatic carbocycles. The molecule has 10 heteroatoms. The minimum atomic E-state index is -3.79. The van der Waals surface area contributed by atoms with Crippen LogP contribution < -0.4 is 4.72 Å². The molecule has 0 radical (unpaired) electrons. The summed E-state index contributed by atoms with van der Waals surface area (Å²) in [6, 6.07) is 8.99. The molecule has 3 rings (SSSR count). The molecule has 0 saturated carbocycles. The van der Waals surface area contributed by atoms with Gasteiger partial charge in [0.1, 0.15) is 11.6 Å². The molecule has 0 aliphatic rings. The summed E-state index contributed by atoms with van der Waals surface area (Å²) in [5, 5.41) is 6.89. The van der Waals surface area contributed by atoms with E-state index in [4.69, 9.17) is 9.90 Å². The second-order valence-corrected chi connectivity index (χ2v) is 7.58. The molecule has 0 unspecified atom stereocenters. The molecule has 7 nitrogen and oxygen atoms in total. The quantitative estimate of drug-likeness (QED) is 0.594. The first kappa shape index (κ1) is 22.2. The second-order valence-electron chi connectivity index (χ2n) is 5.81. The summed E-state index contributed by atoms with van der Waals surface area (Å²) >= 11 is 0. The molecule has 3 aromatic rings. The Labute approximate surface area is 166 Å². The van der Waals surface area contributed by atoms with E-state index < -0.39 is 21.7 Å². The Hall–Kier alpha value is -3.11. The molecular weight excluding hydrogens is 404 g/mol. The first-order valence-electron chi connectivity index (χ1n) is 8.43. The Morgan fingerprint density at radius 1 is 1.14 bits per heavy atom. The van der Waals surface area contributed by atoms with Crippen LogP contribution in [0.4, 0.5) is 8.78 Å². The third-order valence-corrected chi connectivity index (χ3v) is 5.23. The van der Waals surface area contributed by atoms with Crippen molar-refractivity contribution in [1.29, 1.82) is 0 Å². The molecule has 29 heavy (non-hydrogen) atoms. The Balaban J connectivity index is 0.000000941. The van der Waals surface area contributed by atoms with Crippen LogP contribution in [0.5, 0.6) is 0 Å². The van der Waals surface area contributed by atoms with Crippen molar-refractivity contribution in [3.8, 4) is 11.1 Å². The van der Waals surface area contributed by atoms with E-state index in [-0.39, 0.29) is 23.5 Å². The summed E-state index contributed by atoms with van der Waals surface area (Å²) in [6.45, 7) is 2.50. The highest BCUT2D eigenvalue weighted by atomic mass is 32.2. The second kappa shape index (κ2) is 9.89. The molecule has 2 aromatic carbocycles.